The SMILES string of the molecule is CC(C)CNC(=O)CN(CCN)C1CCCC1. The second-order valence-electron chi connectivity index (χ2n) is 5.40. The van der Waals surface area contributed by atoms with Crippen molar-refractivity contribution in [3.63, 3.8) is 0 Å². The lowest BCUT2D eigenvalue weighted by molar-refractivity contribution is -0.122. The summed E-state index contributed by atoms with van der Waals surface area (Å²) in [5, 5.41) is 2.97. The molecule has 0 saturated heterocycles. The monoisotopic (exact) mass is 241 g/mol. The molecular weight excluding hydrogens is 214 g/mol. The van der Waals surface area contributed by atoms with Gasteiger partial charge >= 0.3 is 0 Å². The zero-order valence-corrected chi connectivity index (χ0v) is 11.2. The number of hydrogen-bond donors (Lipinski definition) is 2. The van der Waals surface area contributed by atoms with Crippen LogP contribution in [0.5, 0.6) is 0 Å². The third kappa shape index (κ3) is 5.50. The maximum Gasteiger partial charge on any atom is 0.234 e. The molecule has 1 aliphatic carbocycles. The average Bonchev–Trinajstić information content (AvgIpc) is 2.79. The van der Waals surface area contributed by atoms with E-state index >= 15 is 0 Å². The Balaban J connectivity index is 2.34. The molecule has 0 spiro atoms. The van der Waals surface area contributed by atoms with E-state index in [1.165, 1.54) is 25.7 Å². The lowest BCUT2D eigenvalue weighted by Crippen LogP contribution is -2.44. The summed E-state index contributed by atoms with van der Waals surface area (Å²) in [6, 6.07) is 0.573. The molecule has 0 aromatic heterocycles. The van der Waals surface area contributed by atoms with Crippen molar-refractivity contribution in [2.45, 2.75) is 45.6 Å². The summed E-state index contributed by atoms with van der Waals surface area (Å²) in [4.78, 5) is 14.0. The zero-order valence-electron chi connectivity index (χ0n) is 11.2. The highest BCUT2D eigenvalue weighted by atomic mass is 16.2. The quantitative estimate of drug-likeness (QED) is 0.698. The summed E-state index contributed by atoms with van der Waals surface area (Å²) in [6.07, 6.45) is 5.02. The molecule has 100 valence electrons. The van der Waals surface area contributed by atoms with Crippen molar-refractivity contribution in [2.75, 3.05) is 26.2 Å². The Morgan fingerprint density at radius 3 is 2.59 bits per heavy atom. The van der Waals surface area contributed by atoms with Gasteiger partial charge in [0, 0.05) is 25.7 Å². The van der Waals surface area contributed by atoms with Crippen molar-refractivity contribution in [3.05, 3.63) is 0 Å². The van der Waals surface area contributed by atoms with Crippen molar-refractivity contribution in [3.8, 4) is 0 Å². The smallest absolute Gasteiger partial charge is 0.234 e. The number of rotatable bonds is 7. The minimum atomic E-state index is 0.138. The van der Waals surface area contributed by atoms with E-state index in [2.05, 4.69) is 24.1 Å². The summed E-state index contributed by atoms with van der Waals surface area (Å²) in [5.74, 6) is 0.646. The Hall–Kier alpha value is -0.610. The third-order valence-electron chi connectivity index (χ3n) is 3.31. The van der Waals surface area contributed by atoms with Crippen molar-refractivity contribution in [1.29, 1.82) is 0 Å². The number of nitrogens with two attached hydrogens (primary N) is 1. The van der Waals surface area contributed by atoms with E-state index in [-0.39, 0.29) is 5.91 Å². The molecule has 1 fully saturated rings. The van der Waals surface area contributed by atoms with Crippen LogP contribution in [0, 0.1) is 5.92 Å². The minimum Gasteiger partial charge on any atom is -0.355 e. The fraction of sp³-hybridized carbons (Fsp3) is 0.923. The molecule has 0 unspecified atom stereocenters. The maximum atomic E-state index is 11.8. The predicted octanol–water partition coefficient (Wildman–Crippen LogP) is 0.962. The van der Waals surface area contributed by atoms with Crippen molar-refractivity contribution in [2.24, 2.45) is 11.7 Å². The molecule has 0 aliphatic heterocycles. The Morgan fingerprint density at radius 1 is 1.41 bits per heavy atom. The van der Waals surface area contributed by atoms with Crippen LogP contribution in [-0.4, -0.2) is 43.0 Å². The predicted molar refractivity (Wildman–Crippen MR) is 70.7 cm³/mol. The molecule has 4 nitrogen and oxygen atoms in total. The summed E-state index contributed by atoms with van der Waals surface area (Å²) in [7, 11) is 0. The molecule has 0 radical (unpaired) electrons. The van der Waals surface area contributed by atoms with Gasteiger partial charge in [-0.2, -0.15) is 0 Å². The first-order valence-corrected chi connectivity index (χ1v) is 6.84. The van der Waals surface area contributed by atoms with E-state index in [0.29, 0.717) is 25.0 Å². The number of carbonyl (C=O) groups excluding carboxylic acids is 1. The molecule has 0 heterocycles. The van der Waals surface area contributed by atoms with Gasteiger partial charge in [0.25, 0.3) is 0 Å². The highest BCUT2D eigenvalue weighted by Gasteiger charge is 2.23. The van der Waals surface area contributed by atoms with Crippen LogP contribution in [0.4, 0.5) is 0 Å². The third-order valence-corrected chi connectivity index (χ3v) is 3.31. The van der Waals surface area contributed by atoms with Crippen LogP contribution in [0.1, 0.15) is 39.5 Å². The molecule has 1 saturated carbocycles. The Morgan fingerprint density at radius 2 is 2.06 bits per heavy atom. The largest absolute Gasteiger partial charge is 0.355 e. The Labute approximate surface area is 105 Å². The molecule has 1 aliphatic rings. The second kappa shape index (κ2) is 7.67. The van der Waals surface area contributed by atoms with Gasteiger partial charge in [-0.15, -0.1) is 0 Å². The van der Waals surface area contributed by atoms with Gasteiger partial charge in [0.05, 0.1) is 6.54 Å². The summed E-state index contributed by atoms with van der Waals surface area (Å²) in [5.41, 5.74) is 5.62. The van der Waals surface area contributed by atoms with Gasteiger partial charge in [-0.05, 0) is 18.8 Å². The number of amides is 1. The molecule has 1 amide bonds. The van der Waals surface area contributed by atoms with Gasteiger partial charge in [0.2, 0.25) is 5.91 Å². The van der Waals surface area contributed by atoms with Crippen LogP contribution in [0.15, 0.2) is 0 Å². The minimum absolute atomic E-state index is 0.138. The van der Waals surface area contributed by atoms with E-state index in [1.807, 2.05) is 0 Å². The van der Waals surface area contributed by atoms with Crippen molar-refractivity contribution < 1.29 is 4.79 Å². The first-order chi connectivity index (χ1) is 8.13. The van der Waals surface area contributed by atoms with E-state index < -0.39 is 0 Å². The van der Waals surface area contributed by atoms with Crippen LogP contribution in [0.3, 0.4) is 0 Å². The second-order valence-corrected chi connectivity index (χ2v) is 5.40. The van der Waals surface area contributed by atoms with E-state index in [9.17, 15) is 4.79 Å². The molecule has 0 bridgehead atoms. The van der Waals surface area contributed by atoms with Gasteiger partial charge in [0.1, 0.15) is 0 Å². The number of nitrogens with one attached hydrogen (secondary N) is 1. The molecule has 3 N–H and O–H groups in total. The number of nitrogens with zero attached hydrogens (tertiary/aromatic N) is 1. The van der Waals surface area contributed by atoms with E-state index in [1.54, 1.807) is 0 Å². The molecule has 4 heteroatoms. The molecule has 1 rings (SSSR count). The van der Waals surface area contributed by atoms with Gasteiger partial charge in [-0.3, -0.25) is 9.69 Å². The van der Waals surface area contributed by atoms with Crippen LogP contribution in [0.2, 0.25) is 0 Å². The number of carbonyl (C=O) groups is 1. The molecule has 0 aromatic rings. The summed E-state index contributed by atoms with van der Waals surface area (Å²) < 4.78 is 0. The van der Waals surface area contributed by atoms with Crippen molar-refractivity contribution in [1.82, 2.24) is 10.2 Å². The normalized spacial score (nSPS) is 17.0. The zero-order chi connectivity index (χ0) is 12.7. The van der Waals surface area contributed by atoms with Gasteiger partial charge in [0.15, 0.2) is 0 Å². The lowest BCUT2D eigenvalue weighted by atomic mass is 10.2. The highest BCUT2D eigenvalue weighted by Crippen LogP contribution is 2.22. The fourth-order valence-corrected chi connectivity index (χ4v) is 2.38. The fourth-order valence-electron chi connectivity index (χ4n) is 2.38. The van der Waals surface area contributed by atoms with Crippen molar-refractivity contribution >= 4 is 5.91 Å². The maximum absolute atomic E-state index is 11.8. The van der Waals surface area contributed by atoms with Gasteiger partial charge in [-0.1, -0.05) is 26.7 Å². The number of hydrogen-bond acceptors (Lipinski definition) is 3. The van der Waals surface area contributed by atoms with Gasteiger partial charge in [-0.25, -0.2) is 0 Å². The first-order valence-electron chi connectivity index (χ1n) is 6.84. The van der Waals surface area contributed by atoms with Crippen LogP contribution >= 0.6 is 0 Å². The van der Waals surface area contributed by atoms with E-state index in [0.717, 1.165) is 13.1 Å². The molecule has 0 atom stereocenters. The first kappa shape index (κ1) is 14.5. The van der Waals surface area contributed by atoms with Crippen LogP contribution < -0.4 is 11.1 Å². The Bertz CT molecular complexity index is 225. The Kier molecular flexibility index (Phi) is 6.52. The van der Waals surface area contributed by atoms with Crippen LogP contribution in [-0.2, 0) is 4.79 Å². The lowest BCUT2D eigenvalue weighted by Gasteiger charge is -2.27. The van der Waals surface area contributed by atoms with Crippen LogP contribution in [0.25, 0.3) is 0 Å². The highest BCUT2D eigenvalue weighted by molar-refractivity contribution is 5.78. The molecule has 0 aromatic carbocycles. The standard InChI is InChI=1S/C13H27N3O/c1-11(2)9-15-13(17)10-16(8-7-14)12-5-3-4-6-12/h11-12H,3-10,14H2,1-2H3,(H,15,17). The van der Waals surface area contributed by atoms with E-state index in [4.69, 9.17) is 5.73 Å². The summed E-state index contributed by atoms with van der Waals surface area (Å²) in [6.45, 7) is 6.95. The van der Waals surface area contributed by atoms with Gasteiger partial charge < -0.3 is 11.1 Å². The molecular formula is C13H27N3O. The summed E-state index contributed by atoms with van der Waals surface area (Å²) >= 11 is 0. The molecule has 17 heavy (non-hydrogen) atoms. The topological polar surface area (TPSA) is 58.4 Å². The average molecular weight is 241 g/mol.